The molecule has 0 fully saturated rings. The molecule has 0 unspecified atom stereocenters. The highest BCUT2D eigenvalue weighted by atomic mass is 14.8. The van der Waals surface area contributed by atoms with E-state index in [1.807, 2.05) is 0 Å². The minimum Gasteiger partial charge on any atom is -0.355 e. The second-order valence-electron chi connectivity index (χ2n) is 12.4. The van der Waals surface area contributed by atoms with Crippen LogP contribution in [0.1, 0.15) is 45.6 Å². The van der Waals surface area contributed by atoms with Crippen LogP contribution in [-0.4, -0.2) is 39.9 Å². The molecule has 0 atom stereocenters. The molecule has 0 spiro atoms. The number of aromatic nitrogens is 8. The van der Waals surface area contributed by atoms with Gasteiger partial charge >= 0.3 is 0 Å². The molecule has 8 nitrogen and oxygen atoms in total. The Hall–Kier alpha value is -6.80. The number of hydrogen-bond acceptors (Lipinski definition) is 0. The first-order valence-electron chi connectivity index (χ1n) is 16.0. The highest BCUT2D eigenvalue weighted by Gasteiger charge is 2.18. The third-order valence-electron chi connectivity index (χ3n) is 8.95. The SMILES string of the molecule is C1=c2ccc([nH]2)=Cc2ccc([nH]2)C(C2=c3ccc([nH]3)=Cc3ccc([nH]3)C=c3ccc([nH]3)=Cc3ccc2[nH]3)=c2ccc([nH]2)=Cc2ccc1[nH]2. The standard InChI is InChI=1S/C40H30N8/c1-5-27-19-31-9-13-35(45-31)39(36-14-10-32(46-36)20-28-6-2-24(42-28)17-23(1)41-27)40-37-15-11-33(47-37)21-29-7-3-25(43-29)18-26-4-8-30(44-26)22-34-12-16-38(40)48-34/h1-22,41-48H. The second-order valence-corrected chi connectivity index (χ2v) is 12.4. The maximum absolute atomic E-state index is 3.73. The fourth-order valence-corrected chi connectivity index (χ4v) is 6.79. The highest BCUT2D eigenvalue weighted by molar-refractivity contribution is 6.02. The molecular formula is C40H30N8. The van der Waals surface area contributed by atoms with Crippen molar-refractivity contribution in [3.63, 3.8) is 0 Å². The van der Waals surface area contributed by atoms with Crippen molar-refractivity contribution in [1.29, 1.82) is 0 Å². The van der Waals surface area contributed by atoms with Crippen molar-refractivity contribution < 1.29 is 0 Å². The molecule has 10 heterocycles. The van der Waals surface area contributed by atoms with E-state index < -0.39 is 0 Å². The van der Waals surface area contributed by atoms with Crippen LogP contribution in [0.15, 0.2) is 97.1 Å². The van der Waals surface area contributed by atoms with Gasteiger partial charge in [-0.15, -0.1) is 0 Å². The maximum atomic E-state index is 3.73. The van der Waals surface area contributed by atoms with E-state index in [4.69, 9.17) is 0 Å². The van der Waals surface area contributed by atoms with E-state index in [2.05, 4.69) is 173 Å². The zero-order valence-electron chi connectivity index (χ0n) is 25.7. The van der Waals surface area contributed by atoms with Gasteiger partial charge < -0.3 is 39.9 Å². The summed E-state index contributed by atoms with van der Waals surface area (Å²) in [5, 5.41) is 8.09. The van der Waals surface area contributed by atoms with Gasteiger partial charge in [-0.3, -0.25) is 0 Å². The molecule has 8 aromatic rings. The van der Waals surface area contributed by atoms with Crippen LogP contribution < -0.4 is 42.8 Å². The molecule has 48 heavy (non-hydrogen) atoms. The summed E-state index contributed by atoms with van der Waals surface area (Å²) in [6.45, 7) is 0. The predicted octanol–water partition coefficient (Wildman–Crippen LogP) is 1.01. The fourth-order valence-electron chi connectivity index (χ4n) is 6.79. The van der Waals surface area contributed by atoms with Crippen LogP contribution in [-0.2, 0) is 0 Å². The Morgan fingerprint density at radius 3 is 0.896 bits per heavy atom. The first kappa shape index (κ1) is 26.4. The van der Waals surface area contributed by atoms with Crippen molar-refractivity contribution in [3.8, 4) is 0 Å². The summed E-state index contributed by atoms with van der Waals surface area (Å²) in [5.41, 5.74) is 10.2. The third kappa shape index (κ3) is 4.80. The Balaban J connectivity index is 1.29. The zero-order chi connectivity index (χ0) is 31.6. The second kappa shape index (κ2) is 10.4. The molecule has 0 amide bonds. The predicted molar refractivity (Wildman–Crippen MR) is 190 cm³/mol. The lowest BCUT2D eigenvalue weighted by Gasteiger charge is -2.10. The number of hydrogen-bond donors (Lipinski definition) is 8. The van der Waals surface area contributed by atoms with Crippen molar-refractivity contribution in [2.75, 3.05) is 0 Å². The Labute approximate surface area is 272 Å². The Bertz CT molecular complexity index is 2820. The first-order valence-corrected chi connectivity index (χ1v) is 16.0. The third-order valence-corrected chi connectivity index (χ3v) is 8.95. The normalized spacial score (nSPS) is 13.5. The zero-order valence-corrected chi connectivity index (χ0v) is 25.7. The van der Waals surface area contributed by atoms with E-state index in [0.717, 1.165) is 99.5 Å². The van der Waals surface area contributed by atoms with E-state index in [9.17, 15) is 0 Å². The van der Waals surface area contributed by atoms with E-state index in [1.165, 1.54) is 0 Å². The van der Waals surface area contributed by atoms with Gasteiger partial charge in [0.05, 0.1) is 0 Å². The van der Waals surface area contributed by atoms with Gasteiger partial charge in [0.15, 0.2) is 0 Å². The number of rotatable bonds is 1. The molecule has 10 rings (SSSR count). The van der Waals surface area contributed by atoms with Crippen molar-refractivity contribution in [2.24, 2.45) is 0 Å². The monoisotopic (exact) mass is 622 g/mol. The summed E-state index contributed by atoms with van der Waals surface area (Å²) in [7, 11) is 0. The Morgan fingerprint density at radius 2 is 0.521 bits per heavy atom. The molecule has 0 aliphatic carbocycles. The molecule has 8 heteroatoms. The lowest BCUT2D eigenvalue weighted by Crippen LogP contribution is -2.21. The van der Waals surface area contributed by atoms with E-state index in [0.29, 0.717) is 0 Å². The summed E-state index contributed by atoms with van der Waals surface area (Å²) in [6, 6.07) is 34.0. The molecule has 0 aromatic carbocycles. The summed E-state index contributed by atoms with van der Waals surface area (Å²) in [4.78, 5) is 29.0. The van der Waals surface area contributed by atoms with Gasteiger partial charge in [0.2, 0.25) is 0 Å². The molecule has 0 saturated carbocycles. The van der Waals surface area contributed by atoms with E-state index in [-0.39, 0.29) is 0 Å². The van der Waals surface area contributed by atoms with E-state index >= 15 is 0 Å². The molecule has 2 aliphatic rings. The van der Waals surface area contributed by atoms with Gasteiger partial charge in [-0.1, -0.05) is 0 Å². The fraction of sp³-hybridized carbons (Fsp3) is 0. The van der Waals surface area contributed by atoms with Gasteiger partial charge in [0.1, 0.15) is 0 Å². The van der Waals surface area contributed by atoms with Crippen LogP contribution >= 0.6 is 0 Å². The highest BCUT2D eigenvalue weighted by Crippen LogP contribution is 2.26. The minimum atomic E-state index is 0.991. The van der Waals surface area contributed by atoms with Crippen molar-refractivity contribution in [2.45, 2.75) is 0 Å². The van der Waals surface area contributed by atoms with Crippen LogP contribution in [0, 0.1) is 0 Å². The van der Waals surface area contributed by atoms with E-state index in [1.54, 1.807) is 0 Å². The largest absolute Gasteiger partial charge is 0.355 e. The smallest absolute Gasteiger partial charge is 0.0487 e. The van der Waals surface area contributed by atoms with Crippen LogP contribution in [0.3, 0.4) is 0 Å². The van der Waals surface area contributed by atoms with Gasteiger partial charge in [0.25, 0.3) is 0 Å². The molecule has 0 saturated heterocycles. The van der Waals surface area contributed by atoms with Gasteiger partial charge in [0, 0.05) is 99.5 Å². The van der Waals surface area contributed by atoms with Crippen molar-refractivity contribution in [1.82, 2.24) is 39.9 Å². The Kier molecular flexibility index (Phi) is 5.71. The van der Waals surface area contributed by atoms with Gasteiger partial charge in [-0.2, -0.15) is 0 Å². The molecule has 16 bridgehead atoms. The molecule has 0 radical (unpaired) electrons. The van der Waals surface area contributed by atoms with Crippen LogP contribution in [0.2, 0.25) is 0 Å². The van der Waals surface area contributed by atoms with Crippen molar-refractivity contribution >= 4 is 47.6 Å². The number of aromatic amines is 8. The topological polar surface area (TPSA) is 126 Å². The van der Waals surface area contributed by atoms with Gasteiger partial charge in [-0.25, -0.2) is 0 Å². The summed E-state index contributed by atoms with van der Waals surface area (Å²) in [5.74, 6) is 0. The minimum absolute atomic E-state index is 0.991. The van der Waals surface area contributed by atoms with Crippen LogP contribution in [0.25, 0.3) is 47.6 Å². The quantitative estimate of drug-likeness (QED) is 0.133. The number of nitrogens with one attached hydrogen (secondary N) is 8. The average molecular weight is 623 g/mol. The molecule has 230 valence electrons. The first-order chi connectivity index (χ1) is 23.6. The number of H-pyrrole nitrogens is 8. The number of fused-ring (bicyclic) bond motifs is 16. The lowest BCUT2D eigenvalue weighted by molar-refractivity contribution is 1.20. The summed E-state index contributed by atoms with van der Waals surface area (Å²) in [6.07, 6.45) is 12.8. The maximum Gasteiger partial charge on any atom is 0.0487 e. The molecule has 8 aromatic heterocycles. The van der Waals surface area contributed by atoms with Crippen molar-refractivity contribution in [3.05, 3.63) is 185 Å². The Morgan fingerprint density at radius 1 is 0.229 bits per heavy atom. The van der Waals surface area contributed by atoms with Gasteiger partial charge in [-0.05, 0) is 134 Å². The summed E-state index contributed by atoms with van der Waals surface area (Å²) >= 11 is 0. The average Bonchev–Trinajstić information content (AvgIpc) is 3.91. The van der Waals surface area contributed by atoms with Crippen LogP contribution in [0.5, 0.6) is 0 Å². The summed E-state index contributed by atoms with van der Waals surface area (Å²) < 4.78 is 0. The molecule has 2 aliphatic heterocycles. The lowest BCUT2D eigenvalue weighted by atomic mass is 9.99. The molecule has 8 N–H and O–H groups in total. The van der Waals surface area contributed by atoms with Crippen LogP contribution in [0.4, 0.5) is 0 Å². The molecular weight excluding hydrogens is 592 g/mol.